The van der Waals surface area contributed by atoms with E-state index in [-0.39, 0.29) is 6.04 Å². The Morgan fingerprint density at radius 1 is 1.35 bits per heavy atom. The normalized spacial score (nSPS) is 13.1. The van der Waals surface area contributed by atoms with E-state index in [1.807, 2.05) is 13.1 Å². The molecule has 1 aromatic heterocycles. The summed E-state index contributed by atoms with van der Waals surface area (Å²) in [6.45, 7) is 10.2. The van der Waals surface area contributed by atoms with E-state index in [2.05, 4.69) is 37.7 Å². The van der Waals surface area contributed by atoms with E-state index in [0.29, 0.717) is 5.92 Å². The molecular weight excluding hydrogens is 250 g/mol. The van der Waals surface area contributed by atoms with Gasteiger partial charge in [0.1, 0.15) is 5.75 Å². The maximum atomic E-state index is 6.09. The van der Waals surface area contributed by atoms with Crippen molar-refractivity contribution in [2.45, 2.75) is 46.7 Å². The highest BCUT2D eigenvalue weighted by Gasteiger charge is 2.13. The molecule has 0 aliphatic rings. The number of aromatic nitrogens is 1. The molecule has 0 amide bonds. The van der Waals surface area contributed by atoms with Crippen molar-refractivity contribution in [1.82, 2.24) is 9.88 Å². The molecule has 1 aromatic rings. The van der Waals surface area contributed by atoms with E-state index in [0.717, 1.165) is 42.1 Å². The van der Waals surface area contributed by atoms with Gasteiger partial charge >= 0.3 is 0 Å². The van der Waals surface area contributed by atoms with Crippen LogP contribution in [0.1, 0.15) is 37.1 Å². The van der Waals surface area contributed by atoms with E-state index in [4.69, 9.17) is 10.5 Å². The summed E-state index contributed by atoms with van der Waals surface area (Å²) >= 11 is 0. The first kappa shape index (κ1) is 16.9. The minimum Gasteiger partial charge on any atom is -0.496 e. The van der Waals surface area contributed by atoms with Crippen LogP contribution in [0.15, 0.2) is 6.20 Å². The van der Waals surface area contributed by atoms with Crippen LogP contribution in [0.25, 0.3) is 0 Å². The van der Waals surface area contributed by atoms with Crippen molar-refractivity contribution in [1.29, 1.82) is 0 Å². The number of aryl methyl sites for hydroxylation is 1. The molecule has 0 bridgehead atoms. The summed E-state index contributed by atoms with van der Waals surface area (Å²) in [5.41, 5.74) is 9.38. The van der Waals surface area contributed by atoms with E-state index in [9.17, 15) is 0 Å². The molecule has 0 saturated carbocycles. The summed E-state index contributed by atoms with van der Waals surface area (Å²) in [4.78, 5) is 6.81. The number of ether oxygens (including phenoxy) is 1. The lowest BCUT2D eigenvalue weighted by molar-refractivity contribution is 0.292. The molecule has 114 valence electrons. The van der Waals surface area contributed by atoms with Gasteiger partial charge in [0.25, 0.3) is 0 Å². The highest BCUT2D eigenvalue weighted by Crippen LogP contribution is 2.24. The third kappa shape index (κ3) is 4.46. The van der Waals surface area contributed by atoms with Gasteiger partial charge in [0.2, 0.25) is 0 Å². The molecule has 0 saturated heterocycles. The maximum Gasteiger partial charge on any atom is 0.128 e. The van der Waals surface area contributed by atoms with Gasteiger partial charge in [-0.3, -0.25) is 4.98 Å². The van der Waals surface area contributed by atoms with E-state index >= 15 is 0 Å². The first-order chi connectivity index (χ1) is 9.36. The van der Waals surface area contributed by atoms with Gasteiger partial charge in [-0.05, 0) is 39.8 Å². The first-order valence-electron chi connectivity index (χ1n) is 7.30. The second-order valence-electron chi connectivity index (χ2n) is 5.98. The lowest BCUT2D eigenvalue weighted by Gasteiger charge is -2.22. The monoisotopic (exact) mass is 279 g/mol. The van der Waals surface area contributed by atoms with Gasteiger partial charge in [-0.1, -0.05) is 13.8 Å². The number of nitrogens with zero attached hydrogens (tertiary/aromatic N) is 2. The van der Waals surface area contributed by atoms with E-state index in [1.54, 1.807) is 7.11 Å². The summed E-state index contributed by atoms with van der Waals surface area (Å²) in [7, 11) is 3.82. The SMILES string of the molecule is COc1c(C)cnc(CN(C)CCC(N)C(C)C)c1C. The van der Waals surface area contributed by atoms with Gasteiger partial charge in [-0.15, -0.1) is 0 Å². The molecule has 0 aliphatic heterocycles. The fourth-order valence-electron chi connectivity index (χ4n) is 2.27. The Kier molecular flexibility index (Phi) is 6.43. The van der Waals surface area contributed by atoms with Crippen LogP contribution >= 0.6 is 0 Å². The predicted octanol–water partition coefficient (Wildman–Crippen LogP) is 2.51. The summed E-state index contributed by atoms with van der Waals surface area (Å²) in [5, 5.41) is 0. The number of hydrogen-bond acceptors (Lipinski definition) is 4. The number of pyridine rings is 1. The van der Waals surface area contributed by atoms with Crippen molar-refractivity contribution in [3.05, 3.63) is 23.0 Å². The molecule has 1 unspecified atom stereocenters. The van der Waals surface area contributed by atoms with Crippen LogP contribution in [0.2, 0.25) is 0 Å². The number of rotatable bonds is 7. The van der Waals surface area contributed by atoms with Crippen molar-refractivity contribution in [2.75, 3.05) is 20.7 Å². The molecule has 0 aromatic carbocycles. The molecular formula is C16H29N3O. The summed E-state index contributed by atoms with van der Waals surface area (Å²) in [6.07, 6.45) is 2.89. The fraction of sp³-hybridized carbons (Fsp3) is 0.688. The Morgan fingerprint density at radius 2 is 2.00 bits per heavy atom. The van der Waals surface area contributed by atoms with E-state index in [1.165, 1.54) is 0 Å². The zero-order chi connectivity index (χ0) is 15.3. The molecule has 0 aliphatic carbocycles. The second-order valence-corrected chi connectivity index (χ2v) is 5.98. The van der Waals surface area contributed by atoms with Gasteiger partial charge in [0.15, 0.2) is 0 Å². The zero-order valence-electron chi connectivity index (χ0n) is 13.7. The van der Waals surface area contributed by atoms with Crippen molar-refractivity contribution in [2.24, 2.45) is 11.7 Å². The zero-order valence-corrected chi connectivity index (χ0v) is 13.7. The third-order valence-corrected chi connectivity index (χ3v) is 3.87. The Hall–Kier alpha value is -1.13. The molecule has 0 spiro atoms. The lowest BCUT2D eigenvalue weighted by Crippen LogP contribution is -2.31. The van der Waals surface area contributed by atoms with Crippen LogP contribution in [-0.4, -0.2) is 36.6 Å². The molecule has 0 radical (unpaired) electrons. The van der Waals surface area contributed by atoms with Gasteiger partial charge in [-0.2, -0.15) is 0 Å². The summed E-state index contributed by atoms with van der Waals surface area (Å²) in [6, 6.07) is 0.263. The molecule has 4 heteroatoms. The van der Waals surface area contributed by atoms with Crippen LogP contribution in [0.3, 0.4) is 0 Å². The summed E-state index contributed by atoms with van der Waals surface area (Å²) in [5.74, 6) is 1.48. The second kappa shape index (κ2) is 7.60. The van der Waals surface area contributed by atoms with E-state index < -0.39 is 0 Å². The largest absolute Gasteiger partial charge is 0.496 e. The molecule has 1 rings (SSSR count). The highest BCUT2D eigenvalue weighted by molar-refractivity contribution is 5.40. The topological polar surface area (TPSA) is 51.4 Å². The fourth-order valence-corrected chi connectivity index (χ4v) is 2.27. The molecule has 1 atom stereocenters. The molecule has 20 heavy (non-hydrogen) atoms. The van der Waals surface area contributed by atoms with Crippen LogP contribution in [-0.2, 0) is 6.54 Å². The number of hydrogen-bond donors (Lipinski definition) is 1. The maximum absolute atomic E-state index is 6.09. The minimum absolute atomic E-state index is 0.263. The Balaban J connectivity index is 2.65. The smallest absolute Gasteiger partial charge is 0.128 e. The van der Waals surface area contributed by atoms with Crippen molar-refractivity contribution < 1.29 is 4.74 Å². The van der Waals surface area contributed by atoms with Crippen LogP contribution in [0, 0.1) is 19.8 Å². The van der Waals surface area contributed by atoms with Crippen molar-refractivity contribution in [3.8, 4) is 5.75 Å². The standard InChI is InChI=1S/C16H29N3O/c1-11(2)14(17)7-8-19(5)10-15-13(4)16(20-6)12(3)9-18-15/h9,11,14H,7-8,10,17H2,1-6H3. The predicted molar refractivity (Wildman–Crippen MR) is 84.0 cm³/mol. The first-order valence-corrected chi connectivity index (χ1v) is 7.30. The van der Waals surface area contributed by atoms with Crippen LogP contribution in [0.4, 0.5) is 0 Å². The quantitative estimate of drug-likeness (QED) is 0.833. The van der Waals surface area contributed by atoms with Crippen LogP contribution in [0.5, 0.6) is 5.75 Å². The van der Waals surface area contributed by atoms with Crippen LogP contribution < -0.4 is 10.5 Å². The van der Waals surface area contributed by atoms with Crippen molar-refractivity contribution in [3.63, 3.8) is 0 Å². The molecule has 2 N–H and O–H groups in total. The average Bonchev–Trinajstić information content (AvgIpc) is 2.39. The van der Waals surface area contributed by atoms with Gasteiger partial charge in [0, 0.05) is 29.9 Å². The van der Waals surface area contributed by atoms with Crippen molar-refractivity contribution >= 4 is 0 Å². The Morgan fingerprint density at radius 3 is 2.55 bits per heavy atom. The van der Waals surface area contributed by atoms with Gasteiger partial charge < -0.3 is 15.4 Å². The average molecular weight is 279 g/mol. The molecule has 0 fully saturated rings. The number of nitrogens with two attached hydrogens (primary N) is 1. The lowest BCUT2D eigenvalue weighted by atomic mass is 10.0. The Labute approximate surface area is 123 Å². The number of methoxy groups -OCH3 is 1. The Bertz CT molecular complexity index is 432. The highest BCUT2D eigenvalue weighted by atomic mass is 16.5. The minimum atomic E-state index is 0.263. The van der Waals surface area contributed by atoms with Gasteiger partial charge in [0.05, 0.1) is 12.8 Å². The molecule has 4 nitrogen and oxygen atoms in total. The summed E-state index contributed by atoms with van der Waals surface area (Å²) < 4.78 is 5.45. The third-order valence-electron chi connectivity index (χ3n) is 3.87. The van der Waals surface area contributed by atoms with Gasteiger partial charge in [-0.25, -0.2) is 0 Å². The molecule has 1 heterocycles.